The lowest BCUT2D eigenvalue weighted by atomic mass is 10.2. The Morgan fingerprint density at radius 3 is 2.31 bits per heavy atom. The normalized spacial score (nSPS) is 14.1. The second-order valence-corrected chi connectivity index (χ2v) is 10.4. The Hall–Kier alpha value is -3.44. The monoisotopic (exact) mass is 528 g/mol. The molecule has 3 N–H and O–H groups in total. The second kappa shape index (κ2) is 11.5. The molecule has 0 saturated carbocycles. The van der Waals surface area contributed by atoms with Crippen molar-refractivity contribution in [3.63, 3.8) is 0 Å². The molecular formula is C25H25ClN4O5S. The molecule has 1 fully saturated rings. The molecule has 1 heterocycles. The number of nitrogens with one attached hydrogen (secondary N) is 3. The third-order valence-corrected chi connectivity index (χ3v) is 7.58. The van der Waals surface area contributed by atoms with Crippen molar-refractivity contribution in [1.82, 2.24) is 9.62 Å². The quantitative estimate of drug-likeness (QED) is 0.428. The van der Waals surface area contributed by atoms with Gasteiger partial charge in [-0.15, -0.1) is 0 Å². The van der Waals surface area contributed by atoms with Gasteiger partial charge in [0.2, 0.25) is 10.0 Å². The van der Waals surface area contributed by atoms with Gasteiger partial charge in [-0.3, -0.25) is 10.1 Å². The Morgan fingerprint density at radius 2 is 1.61 bits per heavy atom. The lowest BCUT2D eigenvalue weighted by Crippen LogP contribution is -2.46. The first-order valence-electron chi connectivity index (χ1n) is 11.2. The van der Waals surface area contributed by atoms with E-state index < -0.39 is 22.0 Å². The van der Waals surface area contributed by atoms with Crippen molar-refractivity contribution in [3.05, 3.63) is 88.9 Å². The van der Waals surface area contributed by atoms with E-state index in [9.17, 15) is 18.0 Å². The van der Waals surface area contributed by atoms with Crippen LogP contribution in [-0.4, -0.2) is 50.9 Å². The maximum absolute atomic E-state index is 12.8. The van der Waals surface area contributed by atoms with Crippen LogP contribution in [0.25, 0.3) is 0 Å². The number of rotatable bonds is 7. The summed E-state index contributed by atoms with van der Waals surface area (Å²) in [4.78, 5) is 25.1. The summed E-state index contributed by atoms with van der Waals surface area (Å²) in [6.45, 7) is 2.13. The zero-order valence-electron chi connectivity index (χ0n) is 19.2. The number of piperazine rings is 1. The van der Waals surface area contributed by atoms with E-state index in [4.69, 9.17) is 16.3 Å². The van der Waals surface area contributed by atoms with Crippen molar-refractivity contribution in [3.8, 4) is 0 Å². The molecule has 36 heavy (non-hydrogen) atoms. The van der Waals surface area contributed by atoms with Crippen LogP contribution in [0, 0.1) is 0 Å². The van der Waals surface area contributed by atoms with E-state index in [0.717, 1.165) is 5.56 Å². The van der Waals surface area contributed by atoms with Crippen LogP contribution >= 0.6 is 11.6 Å². The third-order valence-electron chi connectivity index (χ3n) is 5.45. The molecule has 0 bridgehead atoms. The predicted molar refractivity (Wildman–Crippen MR) is 138 cm³/mol. The first kappa shape index (κ1) is 25.6. The van der Waals surface area contributed by atoms with Gasteiger partial charge in [0.25, 0.3) is 5.91 Å². The van der Waals surface area contributed by atoms with Gasteiger partial charge >= 0.3 is 6.09 Å². The molecule has 0 spiro atoms. The van der Waals surface area contributed by atoms with E-state index in [-0.39, 0.29) is 22.1 Å². The number of halogens is 1. The van der Waals surface area contributed by atoms with Crippen molar-refractivity contribution in [2.75, 3.05) is 36.8 Å². The Kier molecular flexibility index (Phi) is 8.21. The molecule has 1 aliphatic heterocycles. The molecule has 0 unspecified atom stereocenters. The molecular weight excluding hydrogens is 504 g/mol. The summed E-state index contributed by atoms with van der Waals surface area (Å²) in [6.07, 6.45) is -0.686. The third kappa shape index (κ3) is 6.61. The van der Waals surface area contributed by atoms with E-state index in [1.807, 2.05) is 30.3 Å². The van der Waals surface area contributed by atoms with Crippen molar-refractivity contribution in [1.29, 1.82) is 0 Å². The zero-order valence-corrected chi connectivity index (χ0v) is 20.8. The SMILES string of the molecule is O=C(Nc1cc(Cl)cc(C(=O)Nc2ccc(S(=O)(=O)N3CCNCC3)cc2)c1)OCc1ccccc1. The smallest absolute Gasteiger partial charge is 0.411 e. The highest BCUT2D eigenvalue weighted by Gasteiger charge is 2.25. The molecule has 0 atom stereocenters. The van der Waals surface area contributed by atoms with Gasteiger partial charge in [-0.1, -0.05) is 41.9 Å². The zero-order chi connectivity index (χ0) is 25.5. The van der Waals surface area contributed by atoms with E-state index in [0.29, 0.717) is 37.6 Å². The maximum atomic E-state index is 12.8. The van der Waals surface area contributed by atoms with E-state index in [1.54, 1.807) is 0 Å². The predicted octanol–water partition coefficient (Wildman–Crippen LogP) is 3.93. The molecule has 3 aromatic carbocycles. The lowest BCUT2D eigenvalue weighted by Gasteiger charge is -2.26. The summed E-state index contributed by atoms with van der Waals surface area (Å²) < 4.78 is 32.2. The van der Waals surface area contributed by atoms with Gasteiger partial charge < -0.3 is 15.4 Å². The van der Waals surface area contributed by atoms with E-state index in [2.05, 4.69) is 16.0 Å². The fraction of sp³-hybridized carbons (Fsp3) is 0.200. The Labute approximate surface area is 214 Å². The molecule has 1 saturated heterocycles. The summed E-state index contributed by atoms with van der Waals surface area (Å²) in [5.41, 5.74) is 1.75. The molecule has 1 aliphatic rings. The largest absolute Gasteiger partial charge is 0.444 e. The van der Waals surface area contributed by atoms with E-state index >= 15 is 0 Å². The minimum absolute atomic E-state index is 0.0982. The number of hydrogen-bond acceptors (Lipinski definition) is 6. The van der Waals surface area contributed by atoms with Gasteiger partial charge in [-0.2, -0.15) is 4.31 Å². The second-order valence-electron chi connectivity index (χ2n) is 8.05. The molecule has 9 nitrogen and oxygen atoms in total. The minimum atomic E-state index is -3.59. The number of hydrogen-bond donors (Lipinski definition) is 3. The summed E-state index contributed by atoms with van der Waals surface area (Å²) in [5.74, 6) is -0.476. The Balaban J connectivity index is 1.38. The van der Waals surface area contributed by atoms with Crippen LogP contribution in [0.3, 0.4) is 0 Å². The molecule has 2 amide bonds. The highest BCUT2D eigenvalue weighted by molar-refractivity contribution is 7.89. The Morgan fingerprint density at radius 1 is 0.917 bits per heavy atom. The highest BCUT2D eigenvalue weighted by Crippen LogP contribution is 2.22. The van der Waals surface area contributed by atoms with Crippen LogP contribution in [0.1, 0.15) is 15.9 Å². The molecule has 4 rings (SSSR count). The summed E-state index contributed by atoms with van der Waals surface area (Å²) in [6, 6.07) is 19.6. The van der Waals surface area contributed by atoms with Crippen molar-refractivity contribution in [2.45, 2.75) is 11.5 Å². The number of carbonyl (C=O) groups excluding carboxylic acids is 2. The first-order valence-corrected chi connectivity index (χ1v) is 13.0. The average molecular weight is 529 g/mol. The van der Waals surface area contributed by atoms with Crippen LogP contribution in [0.4, 0.5) is 16.2 Å². The van der Waals surface area contributed by atoms with Gasteiger partial charge in [0.05, 0.1) is 4.90 Å². The summed E-state index contributed by atoms with van der Waals surface area (Å²) in [5, 5.41) is 8.65. The number of carbonyl (C=O) groups is 2. The number of sulfonamides is 1. The van der Waals surface area contributed by atoms with Crippen LogP contribution in [0.15, 0.2) is 77.7 Å². The molecule has 0 aromatic heterocycles. The van der Waals surface area contributed by atoms with E-state index in [1.165, 1.54) is 46.8 Å². The fourth-order valence-corrected chi connectivity index (χ4v) is 5.29. The highest BCUT2D eigenvalue weighted by atomic mass is 35.5. The van der Waals surface area contributed by atoms with Gasteiger partial charge in [-0.05, 0) is 48.0 Å². The number of anilines is 2. The molecule has 3 aromatic rings. The fourth-order valence-electron chi connectivity index (χ4n) is 3.62. The number of benzene rings is 3. The van der Waals surface area contributed by atoms with Crippen LogP contribution in [0.5, 0.6) is 0 Å². The minimum Gasteiger partial charge on any atom is -0.444 e. The van der Waals surface area contributed by atoms with Gasteiger partial charge in [-0.25, -0.2) is 13.2 Å². The van der Waals surface area contributed by atoms with Crippen LogP contribution in [0.2, 0.25) is 5.02 Å². The van der Waals surface area contributed by atoms with Crippen LogP contribution in [-0.2, 0) is 21.4 Å². The maximum Gasteiger partial charge on any atom is 0.411 e. The van der Waals surface area contributed by atoms with Crippen LogP contribution < -0.4 is 16.0 Å². The standard InChI is InChI=1S/C25H25ClN4O5S/c26-20-14-19(15-22(16-20)29-25(32)35-17-18-4-2-1-3-5-18)24(31)28-21-6-8-23(9-7-21)36(33,34)30-12-10-27-11-13-30/h1-9,14-16,27H,10-13,17H2,(H,28,31)(H,29,32). The average Bonchev–Trinajstić information content (AvgIpc) is 2.88. The topological polar surface area (TPSA) is 117 Å². The van der Waals surface area contributed by atoms with Crippen molar-refractivity contribution in [2.24, 2.45) is 0 Å². The molecule has 0 aliphatic carbocycles. The van der Waals surface area contributed by atoms with Gasteiger partial charge in [0.1, 0.15) is 6.61 Å². The summed E-state index contributed by atoms with van der Waals surface area (Å²) in [7, 11) is -3.59. The summed E-state index contributed by atoms with van der Waals surface area (Å²) >= 11 is 6.15. The Bertz CT molecular complexity index is 1330. The number of nitrogens with zero attached hydrogens (tertiary/aromatic N) is 1. The van der Waals surface area contributed by atoms with Gasteiger partial charge in [0, 0.05) is 48.1 Å². The lowest BCUT2D eigenvalue weighted by molar-refractivity contribution is 0.102. The number of amides is 2. The van der Waals surface area contributed by atoms with Crippen molar-refractivity contribution < 1.29 is 22.7 Å². The first-order chi connectivity index (χ1) is 17.3. The number of ether oxygens (including phenoxy) is 1. The molecule has 11 heteroatoms. The van der Waals surface area contributed by atoms with Gasteiger partial charge in [0.15, 0.2) is 0 Å². The van der Waals surface area contributed by atoms with Crippen molar-refractivity contribution >= 4 is 45.0 Å². The molecule has 0 radical (unpaired) electrons. The molecule has 188 valence electrons.